The van der Waals surface area contributed by atoms with Crippen molar-refractivity contribution in [3.8, 4) is 0 Å². The highest BCUT2D eigenvalue weighted by molar-refractivity contribution is 9.10. The minimum Gasteiger partial charge on any atom is -0.368 e. The van der Waals surface area contributed by atoms with Crippen LogP contribution in [-0.4, -0.2) is 42.6 Å². The number of thiol groups is 1. The van der Waals surface area contributed by atoms with Gasteiger partial charge in [0.15, 0.2) is 0 Å². The molecule has 3 heterocycles. The fraction of sp³-hybridized carbons (Fsp3) is 0.667. The number of nitrogens with zero attached hydrogens (tertiary/aromatic N) is 2. The molecule has 2 N–H and O–H groups in total. The molecule has 1 spiro atoms. The Morgan fingerprint density at radius 1 is 1.37 bits per heavy atom. The Hall–Kier alpha value is -0.530. The van der Waals surface area contributed by atoms with Gasteiger partial charge in [-0.05, 0) is 22.2 Å². The highest BCUT2D eigenvalue weighted by Gasteiger charge is 2.48. The number of anilines is 1. The zero-order valence-corrected chi connectivity index (χ0v) is 14.0. The second kappa shape index (κ2) is 7.31. The van der Waals surface area contributed by atoms with Crippen molar-refractivity contribution in [1.29, 1.82) is 0 Å². The van der Waals surface area contributed by atoms with Crippen LogP contribution in [0.15, 0.2) is 15.5 Å². The van der Waals surface area contributed by atoms with Crippen molar-refractivity contribution >= 4 is 34.2 Å². The van der Waals surface area contributed by atoms with Gasteiger partial charge in [0, 0.05) is 31.6 Å². The molecule has 5 nitrogen and oxygen atoms in total. The number of hydrogen-bond acceptors (Lipinski definition) is 5. The molecule has 3 rings (SSSR count). The molecule has 0 unspecified atom stereocenters. The van der Waals surface area contributed by atoms with Crippen molar-refractivity contribution < 1.29 is 0 Å². The second-order valence-corrected chi connectivity index (χ2v) is 5.15. The van der Waals surface area contributed by atoms with Crippen LogP contribution in [0.1, 0.15) is 13.8 Å². The third-order valence-electron chi connectivity index (χ3n) is 3.17. The fourth-order valence-electron chi connectivity index (χ4n) is 2.23. The van der Waals surface area contributed by atoms with Crippen LogP contribution in [-0.2, 0) is 0 Å². The van der Waals surface area contributed by atoms with Crippen LogP contribution in [0.3, 0.4) is 0 Å². The monoisotopic (exact) mass is 348 g/mol. The van der Waals surface area contributed by atoms with E-state index in [1.165, 1.54) is 0 Å². The van der Waals surface area contributed by atoms with Gasteiger partial charge in [-0.1, -0.05) is 13.8 Å². The van der Waals surface area contributed by atoms with Gasteiger partial charge in [-0.25, -0.2) is 5.10 Å². The summed E-state index contributed by atoms with van der Waals surface area (Å²) in [7, 11) is 0. The summed E-state index contributed by atoms with van der Waals surface area (Å²) < 4.78 is 0.583. The van der Waals surface area contributed by atoms with Crippen LogP contribution in [0.5, 0.6) is 0 Å². The van der Waals surface area contributed by atoms with Crippen LogP contribution in [0.2, 0.25) is 0 Å². The molecule has 7 heteroatoms. The van der Waals surface area contributed by atoms with Crippen molar-refractivity contribution in [3.63, 3.8) is 0 Å². The molecule has 0 atom stereocenters. The first-order valence-corrected chi connectivity index (χ1v) is 8.03. The molecule has 0 radical (unpaired) electrons. The number of aromatic nitrogens is 2. The van der Waals surface area contributed by atoms with Gasteiger partial charge in [0.2, 0.25) is 0 Å². The first-order chi connectivity index (χ1) is 9.20. The number of aromatic amines is 1. The van der Waals surface area contributed by atoms with Crippen LogP contribution in [0, 0.1) is 5.41 Å². The van der Waals surface area contributed by atoms with Gasteiger partial charge in [-0.2, -0.15) is 17.7 Å². The molecule has 0 amide bonds. The van der Waals surface area contributed by atoms with E-state index in [0.717, 1.165) is 31.9 Å². The molecule has 1 aromatic heterocycles. The van der Waals surface area contributed by atoms with E-state index in [4.69, 9.17) is 0 Å². The van der Waals surface area contributed by atoms with Crippen LogP contribution in [0.25, 0.3) is 0 Å². The third kappa shape index (κ3) is 3.32. The standard InChI is InChI=1S/C9H11BrN4O.C2H6.CH4S/c10-7-6(1-12-13-8(7)15)14-4-9(5-14)2-11-3-9;2*1-2/h1,11H,2-5H2,(H,13,15);1-2H3;2H,1H3. The van der Waals surface area contributed by atoms with Crippen molar-refractivity contribution in [2.45, 2.75) is 13.8 Å². The van der Waals surface area contributed by atoms with Gasteiger partial charge in [0.05, 0.1) is 11.9 Å². The molecular formula is C12H21BrN4OS. The number of rotatable bonds is 1. The van der Waals surface area contributed by atoms with Gasteiger partial charge in [0.25, 0.3) is 5.56 Å². The zero-order chi connectivity index (χ0) is 14.5. The summed E-state index contributed by atoms with van der Waals surface area (Å²) in [5.74, 6) is 0. The predicted octanol–water partition coefficient (Wildman–Crippen LogP) is 1.51. The van der Waals surface area contributed by atoms with Crippen molar-refractivity contribution in [3.05, 3.63) is 21.0 Å². The number of hydrogen-bond donors (Lipinski definition) is 3. The van der Waals surface area contributed by atoms with Gasteiger partial charge < -0.3 is 10.2 Å². The minimum absolute atomic E-state index is 0.166. The Labute approximate surface area is 127 Å². The minimum atomic E-state index is -0.166. The van der Waals surface area contributed by atoms with Crippen LogP contribution in [0.4, 0.5) is 5.69 Å². The molecule has 2 aliphatic heterocycles. The van der Waals surface area contributed by atoms with E-state index in [0.29, 0.717) is 9.89 Å². The normalized spacial score (nSPS) is 18.3. The van der Waals surface area contributed by atoms with E-state index in [-0.39, 0.29) is 5.56 Å². The quantitative estimate of drug-likeness (QED) is 0.673. The molecule has 108 valence electrons. The summed E-state index contributed by atoms with van der Waals surface area (Å²) in [6.07, 6.45) is 3.39. The molecule has 0 bridgehead atoms. The molecule has 0 saturated carbocycles. The zero-order valence-electron chi connectivity index (χ0n) is 11.5. The molecular weight excluding hydrogens is 328 g/mol. The molecule has 2 aliphatic rings. The lowest BCUT2D eigenvalue weighted by Gasteiger charge is -2.57. The number of nitrogens with one attached hydrogen (secondary N) is 2. The highest BCUT2D eigenvalue weighted by atomic mass is 79.9. The number of H-pyrrole nitrogens is 1. The van der Waals surface area contributed by atoms with E-state index in [1.54, 1.807) is 12.5 Å². The van der Waals surface area contributed by atoms with Crippen LogP contribution >= 0.6 is 28.6 Å². The summed E-state index contributed by atoms with van der Waals surface area (Å²) in [4.78, 5) is 13.5. The Bertz CT molecular complexity index is 453. The van der Waals surface area contributed by atoms with Crippen LogP contribution < -0.4 is 15.8 Å². The molecule has 0 aromatic carbocycles. The van der Waals surface area contributed by atoms with E-state index < -0.39 is 0 Å². The average Bonchev–Trinajstić information content (AvgIpc) is 2.36. The maximum atomic E-state index is 11.3. The van der Waals surface area contributed by atoms with Crippen molar-refractivity contribution in [2.75, 3.05) is 37.3 Å². The van der Waals surface area contributed by atoms with E-state index in [1.807, 2.05) is 13.8 Å². The van der Waals surface area contributed by atoms with Gasteiger partial charge >= 0.3 is 0 Å². The fourth-order valence-corrected chi connectivity index (χ4v) is 2.67. The molecule has 1 aromatic rings. The Balaban J connectivity index is 0.000000415. The Morgan fingerprint density at radius 2 is 1.95 bits per heavy atom. The van der Waals surface area contributed by atoms with Gasteiger partial charge in [-0.3, -0.25) is 4.79 Å². The lowest BCUT2D eigenvalue weighted by atomic mass is 9.74. The van der Waals surface area contributed by atoms with Crippen molar-refractivity contribution in [2.24, 2.45) is 5.41 Å². The first kappa shape index (κ1) is 16.5. The average molecular weight is 349 g/mol. The Morgan fingerprint density at radius 3 is 2.42 bits per heavy atom. The molecule has 19 heavy (non-hydrogen) atoms. The second-order valence-electron chi connectivity index (χ2n) is 4.36. The molecule has 2 fully saturated rings. The largest absolute Gasteiger partial charge is 0.368 e. The molecule has 0 aliphatic carbocycles. The van der Waals surface area contributed by atoms with Gasteiger partial charge in [-0.15, -0.1) is 0 Å². The number of halogens is 1. The Kier molecular flexibility index (Phi) is 6.35. The summed E-state index contributed by atoms with van der Waals surface area (Å²) in [5.41, 5.74) is 1.19. The summed E-state index contributed by atoms with van der Waals surface area (Å²) in [5, 5.41) is 9.50. The smallest absolute Gasteiger partial charge is 0.280 e. The summed E-state index contributed by atoms with van der Waals surface area (Å²) in [6, 6.07) is 0. The van der Waals surface area contributed by atoms with Crippen molar-refractivity contribution in [1.82, 2.24) is 15.5 Å². The van der Waals surface area contributed by atoms with Gasteiger partial charge in [0.1, 0.15) is 4.47 Å². The topological polar surface area (TPSA) is 61.0 Å². The third-order valence-corrected chi connectivity index (χ3v) is 3.94. The lowest BCUT2D eigenvalue weighted by Crippen LogP contribution is -2.71. The lowest BCUT2D eigenvalue weighted by molar-refractivity contribution is 0.121. The van der Waals surface area contributed by atoms with E-state index >= 15 is 0 Å². The maximum Gasteiger partial charge on any atom is 0.280 e. The molecule has 2 saturated heterocycles. The maximum absolute atomic E-state index is 11.3. The van der Waals surface area contributed by atoms with E-state index in [9.17, 15) is 4.79 Å². The summed E-state index contributed by atoms with van der Waals surface area (Å²) >= 11 is 6.82. The highest BCUT2D eigenvalue weighted by Crippen LogP contribution is 2.38. The SMILES string of the molecule is CC.CS.O=c1[nH]ncc(N2CC3(CNC3)C2)c1Br. The predicted molar refractivity (Wildman–Crippen MR) is 86.3 cm³/mol. The first-order valence-electron chi connectivity index (χ1n) is 6.34. The van der Waals surface area contributed by atoms with E-state index in [2.05, 4.69) is 49.0 Å². The summed E-state index contributed by atoms with van der Waals surface area (Å²) in [6.45, 7) is 8.23.